The van der Waals surface area contributed by atoms with Gasteiger partial charge in [0.1, 0.15) is 19.3 Å². The molecule has 17 nitrogen and oxygen atoms in total. The molecule has 0 aromatic carbocycles. The summed E-state index contributed by atoms with van der Waals surface area (Å²) in [6, 6.07) is 0. The molecule has 0 rings (SSSR count). The van der Waals surface area contributed by atoms with Crippen LogP contribution in [-0.4, -0.2) is 96.7 Å². The second kappa shape index (κ2) is 72.3. The Hall–Kier alpha value is -1.94. The number of rotatable bonds is 80. The predicted octanol–water partition coefficient (Wildman–Crippen LogP) is 24.5. The highest BCUT2D eigenvalue weighted by atomic mass is 31.2. The van der Waals surface area contributed by atoms with Crippen molar-refractivity contribution in [1.29, 1.82) is 0 Å². The molecule has 7 atom stereocenters. The molecule has 0 heterocycles. The zero-order valence-electron chi connectivity index (χ0n) is 66.4. The number of carbonyl (C=O) groups excluding carboxylic acids is 4. The summed E-state index contributed by atoms with van der Waals surface area (Å²) < 4.78 is 68.7. The van der Waals surface area contributed by atoms with Gasteiger partial charge < -0.3 is 33.8 Å². The number of aliphatic hydroxyl groups excluding tert-OH is 1. The van der Waals surface area contributed by atoms with E-state index in [2.05, 4.69) is 48.5 Å². The molecule has 0 radical (unpaired) electrons. The first-order chi connectivity index (χ1) is 48.8. The van der Waals surface area contributed by atoms with Gasteiger partial charge in [-0.05, 0) is 43.4 Å². The monoisotopic (exact) mass is 1480 g/mol. The summed E-state index contributed by atoms with van der Waals surface area (Å²) in [7, 11) is -9.92. The topological polar surface area (TPSA) is 237 Å². The lowest BCUT2D eigenvalue weighted by Gasteiger charge is -2.21. The van der Waals surface area contributed by atoms with Crippen LogP contribution in [0.1, 0.15) is 427 Å². The number of ether oxygens (including phenoxy) is 4. The SMILES string of the molecule is CCCCCCCCCCC(=O)OC[C@H](COP(=O)(O)OC[C@H](O)COP(=O)(O)OC[C@@H](COC(=O)CCCCCCCCCCCCCCCCC(C)CC)OC(=O)CCCCCCCCCCCCCCCCC(C)CC)OC(=O)CCCCCCCCCCCCCCCCC(C)C. The van der Waals surface area contributed by atoms with E-state index in [0.717, 1.165) is 114 Å². The Balaban J connectivity index is 5.21. The van der Waals surface area contributed by atoms with Crippen molar-refractivity contribution in [2.75, 3.05) is 39.6 Å². The van der Waals surface area contributed by atoms with Gasteiger partial charge in [-0.15, -0.1) is 0 Å². The molecule has 0 bridgehead atoms. The Labute approximate surface area is 619 Å². The number of hydrogen-bond acceptors (Lipinski definition) is 15. The van der Waals surface area contributed by atoms with Gasteiger partial charge >= 0.3 is 39.5 Å². The Morgan fingerprint density at radius 3 is 0.752 bits per heavy atom. The van der Waals surface area contributed by atoms with Crippen molar-refractivity contribution in [3.8, 4) is 0 Å². The molecule has 0 aromatic rings. The van der Waals surface area contributed by atoms with E-state index in [1.54, 1.807) is 0 Å². The van der Waals surface area contributed by atoms with Gasteiger partial charge in [0.15, 0.2) is 12.2 Å². The molecule has 0 aliphatic rings. The van der Waals surface area contributed by atoms with Crippen LogP contribution in [-0.2, 0) is 65.4 Å². The molecule has 0 aliphatic heterocycles. The quantitative estimate of drug-likeness (QED) is 0.0222. The molecule has 19 heteroatoms. The minimum absolute atomic E-state index is 0.107. The Kier molecular flexibility index (Phi) is 70.9. The van der Waals surface area contributed by atoms with E-state index in [1.807, 2.05) is 0 Å². The summed E-state index contributed by atoms with van der Waals surface area (Å²) >= 11 is 0. The van der Waals surface area contributed by atoms with Crippen molar-refractivity contribution >= 4 is 39.5 Å². The van der Waals surface area contributed by atoms with Gasteiger partial charge in [-0.2, -0.15) is 0 Å². The Morgan fingerprint density at radius 2 is 0.505 bits per heavy atom. The van der Waals surface area contributed by atoms with Crippen molar-refractivity contribution in [3.63, 3.8) is 0 Å². The molecule has 600 valence electrons. The molecule has 0 saturated heterocycles. The summed E-state index contributed by atoms with van der Waals surface area (Å²) in [5, 5.41) is 10.6. The maximum absolute atomic E-state index is 13.1. The smallest absolute Gasteiger partial charge is 0.462 e. The summed E-state index contributed by atoms with van der Waals surface area (Å²) in [5.74, 6) is 0.380. The number of hydrogen-bond donors (Lipinski definition) is 3. The van der Waals surface area contributed by atoms with Crippen LogP contribution < -0.4 is 0 Å². The van der Waals surface area contributed by atoms with Gasteiger partial charge in [0, 0.05) is 25.7 Å². The largest absolute Gasteiger partial charge is 0.472 e. The second-order valence-electron chi connectivity index (χ2n) is 30.5. The van der Waals surface area contributed by atoms with Crippen LogP contribution in [0, 0.1) is 17.8 Å². The molecule has 0 aliphatic carbocycles. The van der Waals surface area contributed by atoms with Crippen LogP contribution in [0.4, 0.5) is 0 Å². The fraction of sp³-hybridized carbons (Fsp3) is 0.951. The number of phosphoric ester groups is 2. The van der Waals surface area contributed by atoms with E-state index in [-0.39, 0.29) is 25.7 Å². The molecular formula is C82H160O17P2. The van der Waals surface area contributed by atoms with Gasteiger partial charge in [0.25, 0.3) is 0 Å². The van der Waals surface area contributed by atoms with Crippen LogP contribution in [0.2, 0.25) is 0 Å². The number of unbranched alkanes of at least 4 members (excludes halogenated alkanes) is 46. The van der Waals surface area contributed by atoms with Crippen molar-refractivity contribution in [3.05, 3.63) is 0 Å². The normalized spacial score (nSPS) is 14.5. The lowest BCUT2D eigenvalue weighted by Crippen LogP contribution is -2.30. The van der Waals surface area contributed by atoms with E-state index in [1.165, 1.54) is 231 Å². The van der Waals surface area contributed by atoms with E-state index in [9.17, 15) is 43.2 Å². The number of esters is 4. The van der Waals surface area contributed by atoms with Crippen molar-refractivity contribution in [1.82, 2.24) is 0 Å². The number of carbonyl (C=O) groups is 4. The Morgan fingerprint density at radius 1 is 0.287 bits per heavy atom. The molecule has 0 spiro atoms. The van der Waals surface area contributed by atoms with Crippen molar-refractivity contribution < 1.29 is 80.2 Å². The summed E-state index contributed by atoms with van der Waals surface area (Å²) in [5.41, 5.74) is 0. The first-order valence-corrected chi connectivity index (χ1v) is 45.4. The maximum atomic E-state index is 13.1. The van der Waals surface area contributed by atoms with Gasteiger partial charge in [-0.3, -0.25) is 37.3 Å². The molecule has 0 amide bonds. The lowest BCUT2D eigenvalue weighted by molar-refractivity contribution is -0.161. The fourth-order valence-electron chi connectivity index (χ4n) is 12.6. The number of aliphatic hydroxyl groups is 1. The molecule has 0 fully saturated rings. The third-order valence-corrected chi connectivity index (χ3v) is 21.8. The molecule has 3 N–H and O–H groups in total. The molecule has 101 heavy (non-hydrogen) atoms. The molecule has 0 saturated carbocycles. The number of phosphoric acid groups is 2. The highest BCUT2D eigenvalue weighted by Gasteiger charge is 2.30. The average Bonchev–Trinajstić information content (AvgIpc) is 0.991. The molecule has 0 aromatic heterocycles. The molecule has 4 unspecified atom stereocenters. The van der Waals surface area contributed by atoms with Crippen molar-refractivity contribution in [2.24, 2.45) is 17.8 Å². The average molecular weight is 1480 g/mol. The maximum Gasteiger partial charge on any atom is 0.472 e. The van der Waals surface area contributed by atoms with Crippen LogP contribution >= 0.6 is 15.6 Å². The zero-order chi connectivity index (χ0) is 74.4. The van der Waals surface area contributed by atoms with Crippen molar-refractivity contribution in [2.45, 2.75) is 446 Å². The molecular weight excluding hydrogens is 1320 g/mol. The minimum atomic E-state index is -4.96. The predicted molar refractivity (Wildman–Crippen MR) is 414 cm³/mol. The van der Waals surface area contributed by atoms with Gasteiger partial charge in [0.05, 0.1) is 26.4 Å². The van der Waals surface area contributed by atoms with Gasteiger partial charge in [0.2, 0.25) is 0 Å². The highest BCUT2D eigenvalue weighted by molar-refractivity contribution is 7.47. The highest BCUT2D eigenvalue weighted by Crippen LogP contribution is 2.45. The van der Waals surface area contributed by atoms with E-state index < -0.39 is 97.5 Å². The lowest BCUT2D eigenvalue weighted by atomic mass is 9.99. The van der Waals surface area contributed by atoms with Crippen LogP contribution in [0.15, 0.2) is 0 Å². The van der Waals surface area contributed by atoms with Gasteiger partial charge in [-0.25, -0.2) is 9.13 Å². The first-order valence-electron chi connectivity index (χ1n) is 42.4. The van der Waals surface area contributed by atoms with E-state index >= 15 is 0 Å². The minimum Gasteiger partial charge on any atom is -0.462 e. The van der Waals surface area contributed by atoms with Crippen LogP contribution in [0.3, 0.4) is 0 Å². The standard InChI is InChI=1S/C82H160O17P2/c1-8-11-12-13-14-42-49-56-63-79(84)92-69-77(98-81(86)65-58-51-44-37-31-25-18-15-21-27-33-39-46-53-60-73(4)5)71-96-100(88,89)94-67-76(83)68-95-101(90,91)97-72-78(99-82(87)66-59-52-45-38-32-26-20-17-23-29-35-41-48-55-62-75(7)10-3)70-93-80(85)64-57-50-43-36-30-24-19-16-22-28-34-40-47-54-61-74(6)9-2/h73-78,83H,8-72H2,1-7H3,(H,88,89)(H,90,91)/t74?,75?,76-,77+,78+/m0/s1. The zero-order valence-corrected chi connectivity index (χ0v) is 68.2. The summed E-state index contributed by atoms with van der Waals surface area (Å²) in [4.78, 5) is 73.0. The third kappa shape index (κ3) is 73.4. The van der Waals surface area contributed by atoms with Crippen LogP contribution in [0.25, 0.3) is 0 Å². The first kappa shape index (κ1) is 99.1. The summed E-state index contributed by atoms with van der Waals surface area (Å²) in [6.45, 7) is 12.1. The Bertz CT molecular complexity index is 1960. The van der Waals surface area contributed by atoms with Crippen LogP contribution in [0.5, 0.6) is 0 Å². The fourth-order valence-corrected chi connectivity index (χ4v) is 14.2. The van der Waals surface area contributed by atoms with E-state index in [4.69, 9.17) is 37.0 Å². The van der Waals surface area contributed by atoms with Gasteiger partial charge in [-0.1, -0.05) is 376 Å². The van der Waals surface area contributed by atoms with E-state index in [0.29, 0.717) is 25.7 Å². The summed E-state index contributed by atoms with van der Waals surface area (Å²) in [6.07, 6.45) is 60.9. The second-order valence-corrected chi connectivity index (χ2v) is 33.4. The third-order valence-electron chi connectivity index (χ3n) is 19.9.